The minimum atomic E-state index is -0.430. The van der Waals surface area contributed by atoms with Crippen LogP contribution in [0, 0.1) is 16.0 Å². The van der Waals surface area contributed by atoms with Crippen molar-refractivity contribution in [2.45, 2.75) is 38.6 Å². The lowest BCUT2D eigenvalue weighted by atomic mass is 9.87. The first-order valence-electron chi connectivity index (χ1n) is 6.23. The summed E-state index contributed by atoms with van der Waals surface area (Å²) in [6.07, 6.45) is 4.42. The first-order valence-corrected chi connectivity index (χ1v) is 6.23. The van der Waals surface area contributed by atoms with Gasteiger partial charge in [-0.15, -0.1) is 0 Å². The van der Waals surface area contributed by atoms with Gasteiger partial charge in [-0.05, 0) is 24.8 Å². The standard InChI is InChI=1S/C12H18N4O2/c1-8-3-2-4-9(7-8)14-12-10(16(17)18)5-6-11(13)15-12/h5-6,8-9H,2-4,7H2,1H3,(H3,13,14,15). The highest BCUT2D eigenvalue weighted by Crippen LogP contribution is 2.29. The van der Waals surface area contributed by atoms with Crippen molar-refractivity contribution in [2.24, 2.45) is 5.92 Å². The topological polar surface area (TPSA) is 94.1 Å². The zero-order valence-corrected chi connectivity index (χ0v) is 10.4. The van der Waals surface area contributed by atoms with E-state index in [0.29, 0.717) is 17.6 Å². The summed E-state index contributed by atoms with van der Waals surface area (Å²) in [5.74, 6) is 1.24. The summed E-state index contributed by atoms with van der Waals surface area (Å²) in [5.41, 5.74) is 5.57. The number of nitrogens with zero attached hydrogens (tertiary/aromatic N) is 2. The average molecular weight is 250 g/mol. The highest BCUT2D eigenvalue weighted by Gasteiger charge is 2.23. The van der Waals surface area contributed by atoms with Gasteiger partial charge in [-0.25, -0.2) is 4.98 Å². The highest BCUT2D eigenvalue weighted by atomic mass is 16.6. The Labute approximate surface area is 106 Å². The number of nitrogen functional groups attached to an aromatic ring is 1. The second kappa shape index (κ2) is 5.20. The summed E-state index contributed by atoms with van der Waals surface area (Å²) >= 11 is 0. The number of nitrogens with two attached hydrogens (primary N) is 1. The lowest BCUT2D eigenvalue weighted by molar-refractivity contribution is -0.384. The SMILES string of the molecule is CC1CCCC(Nc2nc(N)ccc2[N+](=O)[O-])C1. The smallest absolute Gasteiger partial charge is 0.311 e. The molecular formula is C12H18N4O2. The van der Waals surface area contributed by atoms with Crippen molar-refractivity contribution in [3.8, 4) is 0 Å². The van der Waals surface area contributed by atoms with Crippen LogP contribution in [0.4, 0.5) is 17.3 Å². The summed E-state index contributed by atoms with van der Waals surface area (Å²) in [4.78, 5) is 14.5. The van der Waals surface area contributed by atoms with Gasteiger partial charge in [-0.1, -0.05) is 19.8 Å². The summed E-state index contributed by atoms with van der Waals surface area (Å²) in [7, 11) is 0. The number of pyridine rings is 1. The first-order chi connectivity index (χ1) is 8.56. The number of rotatable bonds is 3. The molecule has 0 aliphatic heterocycles. The maximum Gasteiger partial charge on any atom is 0.311 e. The molecule has 2 rings (SSSR count). The van der Waals surface area contributed by atoms with Gasteiger partial charge in [0.05, 0.1) is 4.92 Å². The van der Waals surface area contributed by atoms with Crippen LogP contribution >= 0.6 is 0 Å². The molecular weight excluding hydrogens is 232 g/mol. The van der Waals surface area contributed by atoms with E-state index >= 15 is 0 Å². The molecule has 1 aromatic rings. The van der Waals surface area contributed by atoms with E-state index in [1.807, 2.05) is 0 Å². The number of anilines is 2. The second-order valence-corrected chi connectivity index (χ2v) is 4.97. The molecule has 0 aromatic carbocycles. The molecule has 0 amide bonds. The van der Waals surface area contributed by atoms with E-state index in [0.717, 1.165) is 19.3 Å². The number of aromatic nitrogens is 1. The quantitative estimate of drug-likeness (QED) is 0.635. The minimum absolute atomic E-state index is 0.0116. The third kappa shape index (κ3) is 2.88. The normalized spacial score (nSPS) is 23.6. The fourth-order valence-electron chi connectivity index (χ4n) is 2.48. The highest BCUT2D eigenvalue weighted by molar-refractivity contribution is 5.59. The summed E-state index contributed by atoms with van der Waals surface area (Å²) < 4.78 is 0. The Kier molecular flexibility index (Phi) is 3.64. The molecule has 0 spiro atoms. The molecule has 1 aromatic heterocycles. The Bertz CT molecular complexity index is 450. The van der Waals surface area contributed by atoms with Gasteiger partial charge in [0.25, 0.3) is 0 Å². The number of nitro groups is 1. The van der Waals surface area contributed by atoms with Crippen LogP contribution in [-0.4, -0.2) is 15.9 Å². The molecule has 98 valence electrons. The van der Waals surface area contributed by atoms with Gasteiger partial charge in [0.1, 0.15) is 5.82 Å². The predicted octanol–water partition coefficient (Wildman–Crippen LogP) is 2.56. The van der Waals surface area contributed by atoms with E-state index < -0.39 is 4.92 Å². The summed E-state index contributed by atoms with van der Waals surface area (Å²) in [5, 5.41) is 14.1. The largest absolute Gasteiger partial charge is 0.384 e. The monoisotopic (exact) mass is 250 g/mol. The van der Waals surface area contributed by atoms with Crippen LogP contribution in [-0.2, 0) is 0 Å². The molecule has 1 fully saturated rings. The molecule has 0 bridgehead atoms. The molecule has 6 heteroatoms. The van der Waals surface area contributed by atoms with Crippen LogP contribution in [0.1, 0.15) is 32.6 Å². The van der Waals surface area contributed by atoms with Crippen LogP contribution in [0.3, 0.4) is 0 Å². The Morgan fingerprint density at radius 2 is 2.28 bits per heavy atom. The van der Waals surface area contributed by atoms with Gasteiger partial charge in [-0.3, -0.25) is 10.1 Å². The molecule has 18 heavy (non-hydrogen) atoms. The molecule has 6 nitrogen and oxygen atoms in total. The lowest BCUT2D eigenvalue weighted by Gasteiger charge is -2.27. The Hall–Kier alpha value is -1.85. The van der Waals surface area contributed by atoms with Crippen molar-refractivity contribution in [3.63, 3.8) is 0 Å². The van der Waals surface area contributed by atoms with Crippen molar-refractivity contribution < 1.29 is 4.92 Å². The second-order valence-electron chi connectivity index (χ2n) is 4.97. The van der Waals surface area contributed by atoms with Gasteiger partial charge in [-0.2, -0.15) is 0 Å². The van der Waals surface area contributed by atoms with E-state index in [4.69, 9.17) is 5.73 Å². The fourth-order valence-corrected chi connectivity index (χ4v) is 2.48. The van der Waals surface area contributed by atoms with Crippen molar-refractivity contribution >= 4 is 17.3 Å². The number of nitrogens with one attached hydrogen (secondary N) is 1. The minimum Gasteiger partial charge on any atom is -0.384 e. The molecule has 1 saturated carbocycles. The Balaban J connectivity index is 2.16. The van der Waals surface area contributed by atoms with E-state index in [2.05, 4.69) is 17.2 Å². The van der Waals surface area contributed by atoms with E-state index in [9.17, 15) is 10.1 Å². The first kappa shape index (κ1) is 12.6. The van der Waals surface area contributed by atoms with Crippen LogP contribution in [0.25, 0.3) is 0 Å². The maximum absolute atomic E-state index is 10.9. The van der Waals surface area contributed by atoms with E-state index in [1.165, 1.54) is 18.6 Å². The average Bonchev–Trinajstić information content (AvgIpc) is 2.28. The molecule has 2 atom stereocenters. The third-order valence-corrected chi connectivity index (χ3v) is 3.37. The third-order valence-electron chi connectivity index (χ3n) is 3.37. The van der Waals surface area contributed by atoms with Gasteiger partial charge < -0.3 is 11.1 Å². The van der Waals surface area contributed by atoms with Crippen LogP contribution < -0.4 is 11.1 Å². The Morgan fingerprint density at radius 1 is 1.50 bits per heavy atom. The molecule has 1 heterocycles. The zero-order valence-electron chi connectivity index (χ0n) is 10.4. The van der Waals surface area contributed by atoms with Crippen molar-refractivity contribution in [1.82, 2.24) is 4.98 Å². The maximum atomic E-state index is 10.9. The van der Waals surface area contributed by atoms with Gasteiger partial charge in [0.2, 0.25) is 5.82 Å². The van der Waals surface area contributed by atoms with Crippen LogP contribution in [0.5, 0.6) is 0 Å². The number of hydrogen-bond acceptors (Lipinski definition) is 5. The van der Waals surface area contributed by atoms with Gasteiger partial charge in [0, 0.05) is 12.1 Å². The van der Waals surface area contributed by atoms with Gasteiger partial charge >= 0.3 is 5.69 Å². The van der Waals surface area contributed by atoms with E-state index in [1.54, 1.807) is 0 Å². The summed E-state index contributed by atoms with van der Waals surface area (Å²) in [6.45, 7) is 2.20. The summed E-state index contributed by atoms with van der Waals surface area (Å²) in [6, 6.07) is 3.10. The number of hydrogen-bond donors (Lipinski definition) is 2. The fraction of sp³-hybridized carbons (Fsp3) is 0.583. The molecule has 0 saturated heterocycles. The lowest BCUT2D eigenvalue weighted by Crippen LogP contribution is -2.27. The molecule has 2 unspecified atom stereocenters. The molecule has 3 N–H and O–H groups in total. The van der Waals surface area contributed by atoms with Crippen LogP contribution in [0.2, 0.25) is 0 Å². The molecule has 0 radical (unpaired) electrons. The molecule has 1 aliphatic carbocycles. The zero-order chi connectivity index (χ0) is 13.1. The van der Waals surface area contributed by atoms with Crippen molar-refractivity contribution in [1.29, 1.82) is 0 Å². The van der Waals surface area contributed by atoms with Crippen molar-refractivity contribution in [3.05, 3.63) is 22.2 Å². The van der Waals surface area contributed by atoms with Crippen LogP contribution in [0.15, 0.2) is 12.1 Å². The predicted molar refractivity (Wildman–Crippen MR) is 70.3 cm³/mol. The van der Waals surface area contributed by atoms with E-state index in [-0.39, 0.29) is 11.7 Å². The van der Waals surface area contributed by atoms with Gasteiger partial charge in [0.15, 0.2) is 0 Å². The van der Waals surface area contributed by atoms with Crippen molar-refractivity contribution in [2.75, 3.05) is 11.1 Å². The Morgan fingerprint density at radius 3 is 2.94 bits per heavy atom. The molecule has 1 aliphatic rings.